The molecule has 30 heavy (non-hydrogen) atoms. The Kier molecular flexibility index (Phi) is 7.96. The molecule has 0 aliphatic carbocycles. The molecule has 0 amide bonds. The van der Waals surface area contributed by atoms with Crippen LogP contribution in [0.4, 0.5) is 0 Å². The number of ether oxygens (including phenoxy) is 4. The first-order chi connectivity index (χ1) is 14.2. The lowest BCUT2D eigenvalue weighted by Crippen LogP contribution is -2.47. The van der Waals surface area contributed by atoms with Crippen LogP contribution in [-0.4, -0.2) is 60.9 Å². The Bertz CT molecular complexity index is 875. The highest BCUT2D eigenvalue weighted by Crippen LogP contribution is 2.34. The molecule has 0 bridgehead atoms. The van der Waals surface area contributed by atoms with Gasteiger partial charge in [-0.1, -0.05) is 0 Å². The van der Waals surface area contributed by atoms with Crippen molar-refractivity contribution in [2.24, 2.45) is 4.99 Å². The fourth-order valence-electron chi connectivity index (χ4n) is 3.36. The summed E-state index contributed by atoms with van der Waals surface area (Å²) < 4.78 is 23.5. The second-order valence-electron chi connectivity index (χ2n) is 6.80. The maximum atomic E-state index is 5.77. The molecule has 3 heterocycles. The van der Waals surface area contributed by atoms with Gasteiger partial charge in [-0.25, -0.2) is 9.67 Å². The van der Waals surface area contributed by atoms with Crippen molar-refractivity contribution in [1.82, 2.24) is 25.4 Å². The van der Waals surface area contributed by atoms with Crippen LogP contribution in [0.1, 0.15) is 18.1 Å². The quantitative estimate of drug-likeness (QED) is 0.239. The normalized spacial score (nSPS) is 17.1. The third-order valence-corrected chi connectivity index (χ3v) is 4.75. The lowest BCUT2D eigenvalue weighted by atomic mass is 10.1. The van der Waals surface area contributed by atoms with Gasteiger partial charge in [0.1, 0.15) is 24.8 Å². The van der Waals surface area contributed by atoms with Crippen LogP contribution in [0.25, 0.3) is 0 Å². The monoisotopic (exact) mass is 530 g/mol. The first kappa shape index (κ1) is 22.4. The zero-order chi connectivity index (χ0) is 20.1. The molecule has 1 aromatic carbocycles. The van der Waals surface area contributed by atoms with Crippen LogP contribution in [-0.2, 0) is 24.3 Å². The second kappa shape index (κ2) is 10.7. The van der Waals surface area contributed by atoms with Gasteiger partial charge in [0.2, 0.25) is 6.79 Å². The highest BCUT2D eigenvalue weighted by molar-refractivity contribution is 14.0. The molecule has 0 fully saturated rings. The first-order valence-electron chi connectivity index (χ1n) is 9.66. The molecule has 1 aromatic heterocycles. The van der Waals surface area contributed by atoms with Crippen LogP contribution in [0.15, 0.2) is 23.2 Å². The van der Waals surface area contributed by atoms with E-state index in [9.17, 15) is 0 Å². The van der Waals surface area contributed by atoms with Crippen molar-refractivity contribution in [3.05, 3.63) is 29.8 Å². The van der Waals surface area contributed by atoms with Crippen molar-refractivity contribution in [3.8, 4) is 17.2 Å². The highest BCUT2D eigenvalue weighted by Gasteiger charge is 2.22. The zero-order valence-electron chi connectivity index (χ0n) is 17.1. The molecular weight excluding hydrogens is 503 g/mol. The molecule has 11 heteroatoms. The predicted octanol–water partition coefficient (Wildman–Crippen LogP) is 1.33. The van der Waals surface area contributed by atoms with E-state index in [1.165, 1.54) is 0 Å². The first-order valence-corrected chi connectivity index (χ1v) is 9.66. The molecule has 0 spiro atoms. The molecular formula is C19H27IN6O4. The number of methoxy groups -OCH3 is 1. The Labute approximate surface area is 192 Å². The van der Waals surface area contributed by atoms with Crippen LogP contribution in [0.3, 0.4) is 0 Å². The molecule has 164 valence electrons. The van der Waals surface area contributed by atoms with Crippen molar-refractivity contribution in [3.63, 3.8) is 0 Å². The van der Waals surface area contributed by atoms with Gasteiger partial charge in [0, 0.05) is 32.7 Å². The van der Waals surface area contributed by atoms with E-state index >= 15 is 0 Å². The SMILES string of the molecule is CN=C(NCCOc1ccc2c(c1)OCO2)NC1CCc2nc(COC)nn2C1.I. The second-order valence-corrected chi connectivity index (χ2v) is 6.80. The number of fused-ring (bicyclic) bond motifs is 2. The summed E-state index contributed by atoms with van der Waals surface area (Å²) in [5.41, 5.74) is 0. The van der Waals surface area contributed by atoms with E-state index in [4.69, 9.17) is 18.9 Å². The summed E-state index contributed by atoms with van der Waals surface area (Å²) in [6.45, 7) is 2.56. The van der Waals surface area contributed by atoms with E-state index in [1.807, 2.05) is 22.9 Å². The number of benzene rings is 1. The Morgan fingerprint density at radius 2 is 2.20 bits per heavy atom. The van der Waals surface area contributed by atoms with Gasteiger partial charge >= 0.3 is 0 Å². The van der Waals surface area contributed by atoms with Crippen molar-refractivity contribution < 1.29 is 18.9 Å². The van der Waals surface area contributed by atoms with Crippen LogP contribution in [0.2, 0.25) is 0 Å². The summed E-state index contributed by atoms with van der Waals surface area (Å²) in [5, 5.41) is 11.2. The molecule has 2 aliphatic heterocycles. The third-order valence-electron chi connectivity index (χ3n) is 4.75. The topological polar surface area (TPSA) is 104 Å². The Morgan fingerprint density at radius 3 is 3.03 bits per heavy atom. The Balaban J connectivity index is 0.00000256. The highest BCUT2D eigenvalue weighted by atomic mass is 127. The summed E-state index contributed by atoms with van der Waals surface area (Å²) in [6, 6.07) is 5.80. The number of nitrogens with one attached hydrogen (secondary N) is 2. The summed E-state index contributed by atoms with van der Waals surface area (Å²) in [6.07, 6.45) is 1.85. The summed E-state index contributed by atoms with van der Waals surface area (Å²) in [4.78, 5) is 8.81. The standard InChI is InChI=1S/C19H26N6O4.HI/c1-20-19(21-7-8-27-14-4-5-15-16(9-14)29-12-28-15)22-13-3-6-18-23-17(11-26-2)24-25(18)10-13;/h4-5,9,13H,3,6-8,10-12H2,1-2H3,(H2,20,21,22);1H. The van der Waals surface area contributed by atoms with Gasteiger partial charge in [-0.05, 0) is 18.6 Å². The maximum Gasteiger partial charge on any atom is 0.231 e. The molecule has 1 atom stereocenters. The molecule has 1 unspecified atom stereocenters. The number of hydrogen-bond donors (Lipinski definition) is 2. The fourth-order valence-corrected chi connectivity index (χ4v) is 3.36. The summed E-state index contributed by atoms with van der Waals surface area (Å²) in [5.74, 6) is 4.69. The Morgan fingerprint density at radius 1 is 1.33 bits per heavy atom. The van der Waals surface area contributed by atoms with E-state index < -0.39 is 0 Å². The minimum absolute atomic E-state index is 0. The number of aromatic nitrogens is 3. The lowest BCUT2D eigenvalue weighted by Gasteiger charge is -2.25. The Hall–Kier alpha value is -2.28. The molecule has 0 saturated heterocycles. The van der Waals surface area contributed by atoms with Crippen LogP contribution in [0, 0.1) is 0 Å². The van der Waals surface area contributed by atoms with Gasteiger partial charge < -0.3 is 29.6 Å². The van der Waals surface area contributed by atoms with Crippen LogP contribution >= 0.6 is 24.0 Å². The predicted molar refractivity (Wildman–Crippen MR) is 121 cm³/mol. The van der Waals surface area contributed by atoms with Crippen LogP contribution < -0.4 is 24.8 Å². The molecule has 2 aromatic rings. The number of aliphatic imine (C=N–C) groups is 1. The van der Waals surface area contributed by atoms with Crippen molar-refractivity contribution >= 4 is 29.9 Å². The van der Waals surface area contributed by atoms with E-state index in [1.54, 1.807) is 14.2 Å². The van der Waals surface area contributed by atoms with Gasteiger partial charge in [0.15, 0.2) is 23.3 Å². The minimum Gasteiger partial charge on any atom is -0.492 e. The number of guanidine groups is 1. The number of hydrogen-bond acceptors (Lipinski definition) is 7. The van der Waals surface area contributed by atoms with Crippen molar-refractivity contribution in [2.45, 2.75) is 32.0 Å². The summed E-state index contributed by atoms with van der Waals surface area (Å²) in [7, 11) is 3.41. The van der Waals surface area contributed by atoms with E-state index in [0.29, 0.717) is 25.5 Å². The summed E-state index contributed by atoms with van der Waals surface area (Å²) >= 11 is 0. The van der Waals surface area contributed by atoms with Gasteiger partial charge in [0.25, 0.3) is 0 Å². The van der Waals surface area contributed by atoms with E-state index in [2.05, 4.69) is 25.7 Å². The number of aryl methyl sites for hydroxylation is 1. The number of halogens is 1. The maximum absolute atomic E-state index is 5.77. The molecule has 0 saturated carbocycles. The molecule has 2 N–H and O–H groups in total. The minimum atomic E-state index is 0. The average molecular weight is 530 g/mol. The van der Waals surface area contributed by atoms with E-state index in [0.717, 1.165) is 48.5 Å². The van der Waals surface area contributed by atoms with Gasteiger partial charge in [-0.3, -0.25) is 4.99 Å². The van der Waals surface area contributed by atoms with Crippen molar-refractivity contribution in [1.29, 1.82) is 0 Å². The van der Waals surface area contributed by atoms with Gasteiger partial charge in [-0.15, -0.1) is 24.0 Å². The number of nitrogens with zero attached hydrogens (tertiary/aromatic N) is 4. The van der Waals surface area contributed by atoms with E-state index in [-0.39, 0.29) is 36.8 Å². The molecule has 2 aliphatic rings. The largest absolute Gasteiger partial charge is 0.492 e. The van der Waals surface area contributed by atoms with Crippen LogP contribution in [0.5, 0.6) is 17.2 Å². The molecule has 0 radical (unpaired) electrons. The third kappa shape index (κ3) is 5.45. The van der Waals surface area contributed by atoms with Gasteiger partial charge in [-0.2, -0.15) is 5.10 Å². The molecule has 4 rings (SSSR count). The fraction of sp³-hybridized carbons (Fsp3) is 0.526. The van der Waals surface area contributed by atoms with Gasteiger partial charge in [0.05, 0.1) is 13.1 Å². The van der Waals surface area contributed by atoms with Crippen molar-refractivity contribution in [2.75, 3.05) is 34.1 Å². The smallest absolute Gasteiger partial charge is 0.231 e. The zero-order valence-corrected chi connectivity index (χ0v) is 19.4. The molecule has 10 nitrogen and oxygen atoms in total. The number of rotatable bonds is 7. The lowest BCUT2D eigenvalue weighted by molar-refractivity contribution is 0.173. The average Bonchev–Trinajstić information content (AvgIpc) is 3.36.